The van der Waals surface area contributed by atoms with Crippen LogP contribution in [0.25, 0.3) is 11.0 Å². The molecule has 0 saturated carbocycles. The van der Waals surface area contributed by atoms with Gasteiger partial charge in [0.05, 0.1) is 13.2 Å². The summed E-state index contributed by atoms with van der Waals surface area (Å²) < 4.78 is 24.2. The predicted octanol–water partition coefficient (Wildman–Crippen LogP) is 3.09. The maximum Gasteiger partial charge on any atom is 0.336 e. The smallest absolute Gasteiger partial charge is 0.336 e. The number of piperazine rings is 1. The predicted molar refractivity (Wildman–Crippen MR) is 120 cm³/mol. The summed E-state index contributed by atoms with van der Waals surface area (Å²) in [6, 6.07) is 12.9. The number of carbonyl (C=O) groups excluding carboxylic acids is 1. The maximum absolute atomic E-state index is 13.3. The Kier molecular flexibility index (Phi) is 6.82. The van der Waals surface area contributed by atoms with Crippen LogP contribution in [-0.4, -0.2) is 55.0 Å². The number of ether oxygens (including phenoxy) is 1. The monoisotopic (exact) mass is 439 g/mol. The number of nitrogens with zero attached hydrogens (tertiary/aromatic N) is 2. The molecule has 0 atom stereocenters. The molecule has 3 aromatic rings. The molecule has 0 spiro atoms. The standard InChI is InChI=1S/C24H26FN3O4/c1-2-31-20-6-7-22-21(14-20)17(12-24(30)32-22)15-27-8-10-28(11-9-27)16-23(29)26-19-5-3-4-18(25)13-19/h3-7,12-14H,2,8-11,15-16H2,1H3,(H,26,29). The molecule has 0 aliphatic carbocycles. The average molecular weight is 439 g/mol. The van der Waals surface area contributed by atoms with Crippen LogP contribution in [0.5, 0.6) is 5.75 Å². The van der Waals surface area contributed by atoms with Gasteiger partial charge in [-0.25, -0.2) is 9.18 Å². The summed E-state index contributed by atoms with van der Waals surface area (Å²) in [5, 5.41) is 3.60. The first kappa shape index (κ1) is 22.0. The molecule has 32 heavy (non-hydrogen) atoms. The largest absolute Gasteiger partial charge is 0.494 e. The van der Waals surface area contributed by atoms with Gasteiger partial charge in [0.1, 0.15) is 17.1 Å². The van der Waals surface area contributed by atoms with E-state index in [9.17, 15) is 14.0 Å². The van der Waals surface area contributed by atoms with Crippen molar-refractivity contribution in [2.24, 2.45) is 0 Å². The van der Waals surface area contributed by atoms with Crippen molar-refractivity contribution in [1.29, 1.82) is 0 Å². The van der Waals surface area contributed by atoms with Crippen LogP contribution in [-0.2, 0) is 11.3 Å². The fraction of sp³-hybridized carbons (Fsp3) is 0.333. The second kappa shape index (κ2) is 9.93. The van der Waals surface area contributed by atoms with E-state index in [0.717, 1.165) is 42.9 Å². The van der Waals surface area contributed by atoms with Gasteiger partial charge in [-0.2, -0.15) is 0 Å². The van der Waals surface area contributed by atoms with E-state index in [1.54, 1.807) is 24.3 Å². The number of anilines is 1. The molecule has 1 fully saturated rings. The van der Waals surface area contributed by atoms with Gasteiger partial charge in [-0.1, -0.05) is 6.07 Å². The van der Waals surface area contributed by atoms with Crippen molar-refractivity contribution < 1.29 is 18.3 Å². The van der Waals surface area contributed by atoms with E-state index in [2.05, 4.69) is 15.1 Å². The number of amides is 1. The summed E-state index contributed by atoms with van der Waals surface area (Å²) in [7, 11) is 0. The molecular formula is C24H26FN3O4. The molecule has 1 N–H and O–H groups in total. The molecule has 4 rings (SSSR count). The summed E-state index contributed by atoms with van der Waals surface area (Å²) in [5.41, 5.74) is 1.53. The highest BCUT2D eigenvalue weighted by Gasteiger charge is 2.20. The highest BCUT2D eigenvalue weighted by Crippen LogP contribution is 2.24. The van der Waals surface area contributed by atoms with E-state index >= 15 is 0 Å². The number of halogens is 1. The van der Waals surface area contributed by atoms with E-state index in [1.807, 2.05) is 13.0 Å². The van der Waals surface area contributed by atoms with E-state index in [0.29, 0.717) is 24.4 Å². The number of carbonyl (C=O) groups is 1. The molecule has 1 amide bonds. The molecule has 2 heterocycles. The topological polar surface area (TPSA) is 75.0 Å². The Hall–Kier alpha value is -3.23. The summed E-state index contributed by atoms with van der Waals surface area (Å²) in [5.74, 6) is 0.190. The molecule has 0 radical (unpaired) electrons. The molecule has 2 aromatic carbocycles. The number of nitrogens with one attached hydrogen (secondary N) is 1. The average Bonchev–Trinajstić information content (AvgIpc) is 2.75. The molecule has 1 saturated heterocycles. The van der Waals surface area contributed by atoms with Gasteiger partial charge >= 0.3 is 5.63 Å². The van der Waals surface area contributed by atoms with Crippen molar-refractivity contribution in [3.8, 4) is 5.75 Å². The Bertz CT molecular complexity index is 1160. The van der Waals surface area contributed by atoms with Gasteiger partial charge in [0, 0.05) is 49.9 Å². The van der Waals surface area contributed by atoms with Crippen molar-refractivity contribution >= 4 is 22.6 Å². The van der Waals surface area contributed by atoms with Crippen LogP contribution in [0.4, 0.5) is 10.1 Å². The number of rotatable bonds is 7. The van der Waals surface area contributed by atoms with Crippen LogP contribution in [0.2, 0.25) is 0 Å². The first-order valence-corrected chi connectivity index (χ1v) is 10.7. The Labute approximate surface area is 185 Å². The minimum Gasteiger partial charge on any atom is -0.494 e. The Morgan fingerprint density at radius 1 is 1.09 bits per heavy atom. The summed E-state index contributed by atoms with van der Waals surface area (Å²) >= 11 is 0. The fourth-order valence-electron chi connectivity index (χ4n) is 3.91. The number of benzene rings is 2. The molecule has 1 aliphatic rings. The van der Waals surface area contributed by atoms with Gasteiger partial charge in [-0.3, -0.25) is 14.6 Å². The number of fused-ring (bicyclic) bond motifs is 1. The van der Waals surface area contributed by atoms with Crippen molar-refractivity contribution in [1.82, 2.24) is 9.80 Å². The zero-order chi connectivity index (χ0) is 22.5. The number of hydrogen-bond acceptors (Lipinski definition) is 6. The lowest BCUT2D eigenvalue weighted by Crippen LogP contribution is -2.48. The van der Waals surface area contributed by atoms with Crippen LogP contribution in [0, 0.1) is 5.82 Å². The lowest BCUT2D eigenvalue weighted by molar-refractivity contribution is -0.117. The second-order valence-corrected chi connectivity index (χ2v) is 7.79. The fourth-order valence-corrected chi connectivity index (χ4v) is 3.91. The van der Waals surface area contributed by atoms with Gasteiger partial charge in [-0.05, 0) is 48.9 Å². The van der Waals surface area contributed by atoms with Gasteiger partial charge in [0.25, 0.3) is 0 Å². The Morgan fingerprint density at radius 3 is 2.62 bits per heavy atom. The molecule has 7 nitrogen and oxygen atoms in total. The zero-order valence-electron chi connectivity index (χ0n) is 18.0. The van der Waals surface area contributed by atoms with Crippen LogP contribution in [0.1, 0.15) is 12.5 Å². The summed E-state index contributed by atoms with van der Waals surface area (Å²) in [4.78, 5) is 28.6. The Balaban J connectivity index is 1.35. The highest BCUT2D eigenvalue weighted by atomic mass is 19.1. The SMILES string of the molecule is CCOc1ccc2oc(=O)cc(CN3CCN(CC(=O)Nc4cccc(F)c4)CC3)c2c1. The van der Waals surface area contributed by atoms with Crippen molar-refractivity contribution in [3.05, 3.63) is 70.3 Å². The van der Waals surface area contributed by atoms with Crippen LogP contribution >= 0.6 is 0 Å². The zero-order valence-corrected chi connectivity index (χ0v) is 18.0. The van der Waals surface area contributed by atoms with Gasteiger partial charge in [0.15, 0.2) is 0 Å². The number of hydrogen-bond donors (Lipinski definition) is 1. The van der Waals surface area contributed by atoms with Gasteiger partial charge in [-0.15, -0.1) is 0 Å². The minimum atomic E-state index is -0.382. The summed E-state index contributed by atoms with van der Waals surface area (Å²) in [6.07, 6.45) is 0. The van der Waals surface area contributed by atoms with Crippen molar-refractivity contribution in [2.45, 2.75) is 13.5 Å². The lowest BCUT2D eigenvalue weighted by atomic mass is 10.1. The minimum absolute atomic E-state index is 0.167. The summed E-state index contributed by atoms with van der Waals surface area (Å²) in [6.45, 7) is 6.32. The maximum atomic E-state index is 13.3. The first-order valence-electron chi connectivity index (χ1n) is 10.7. The first-order chi connectivity index (χ1) is 15.5. The van der Waals surface area contributed by atoms with E-state index in [-0.39, 0.29) is 23.9 Å². The molecular weight excluding hydrogens is 413 g/mol. The van der Waals surface area contributed by atoms with Crippen molar-refractivity contribution in [3.63, 3.8) is 0 Å². The van der Waals surface area contributed by atoms with E-state index < -0.39 is 0 Å². The molecule has 8 heteroatoms. The van der Waals surface area contributed by atoms with Crippen LogP contribution in [0.15, 0.2) is 57.7 Å². The second-order valence-electron chi connectivity index (χ2n) is 7.79. The third-order valence-electron chi connectivity index (χ3n) is 5.45. The highest BCUT2D eigenvalue weighted by molar-refractivity contribution is 5.92. The molecule has 1 aliphatic heterocycles. The van der Waals surface area contributed by atoms with Crippen molar-refractivity contribution in [2.75, 3.05) is 44.6 Å². The van der Waals surface area contributed by atoms with E-state index in [1.165, 1.54) is 18.2 Å². The molecule has 168 valence electrons. The Morgan fingerprint density at radius 2 is 1.88 bits per heavy atom. The third kappa shape index (κ3) is 5.52. The van der Waals surface area contributed by atoms with Gasteiger partial charge in [0.2, 0.25) is 5.91 Å². The van der Waals surface area contributed by atoms with E-state index in [4.69, 9.17) is 9.15 Å². The molecule has 1 aromatic heterocycles. The normalized spacial score (nSPS) is 15.1. The molecule has 0 bridgehead atoms. The molecule has 0 unspecified atom stereocenters. The van der Waals surface area contributed by atoms with Crippen LogP contribution < -0.4 is 15.7 Å². The lowest BCUT2D eigenvalue weighted by Gasteiger charge is -2.34. The van der Waals surface area contributed by atoms with Gasteiger partial charge < -0.3 is 14.5 Å². The quantitative estimate of drug-likeness (QED) is 0.571. The van der Waals surface area contributed by atoms with Crippen LogP contribution in [0.3, 0.4) is 0 Å². The third-order valence-corrected chi connectivity index (χ3v) is 5.45.